The summed E-state index contributed by atoms with van der Waals surface area (Å²) in [6.07, 6.45) is 4.61. The van der Waals surface area contributed by atoms with Crippen molar-refractivity contribution >= 4 is 5.91 Å². The third kappa shape index (κ3) is 3.22. The molecule has 24 heavy (non-hydrogen) atoms. The second-order valence-electron chi connectivity index (χ2n) is 6.85. The van der Waals surface area contributed by atoms with Gasteiger partial charge in [0.1, 0.15) is 0 Å². The second kappa shape index (κ2) is 6.77. The number of hydrogen-bond acceptors (Lipinski definition) is 3. The summed E-state index contributed by atoms with van der Waals surface area (Å²) in [5.41, 5.74) is 2.62. The van der Waals surface area contributed by atoms with Crippen molar-refractivity contribution in [1.29, 1.82) is 0 Å². The highest BCUT2D eigenvalue weighted by Crippen LogP contribution is 2.25. The molecule has 1 aromatic heterocycles. The van der Waals surface area contributed by atoms with Crippen LogP contribution in [0.4, 0.5) is 0 Å². The van der Waals surface area contributed by atoms with Gasteiger partial charge in [0, 0.05) is 45.3 Å². The summed E-state index contributed by atoms with van der Waals surface area (Å²) in [6.45, 7) is 4.66. The molecule has 3 heterocycles. The zero-order valence-electron chi connectivity index (χ0n) is 14.0. The van der Waals surface area contributed by atoms with Crippen molar-refractivity contribution in [3.05, 3.63) is 53.9 Å². The van der Waals surface area contributed by atoms with Gasteiger partial charge < -0.3 is 4.90 Å². The van der Waals surface area contributed by atoms with Crippen molar-refractivity contribution in [3.8, 4) is 0 Å². The lowest BCUT2D eigenvalue weighted by atomic mass is 10.1. The SMILES string of the molecule is O=C1CCCN1CCC1CN(Cc2ccccc2)Cc2ccnn21. The Labute approximate surface area is 142 Å². The Balaban J connectivity index is 1.44. The van der Waals surface area contributed by atoms with Crippen LogP contribution in [0.3, 0.4) is 0 Å². The standard InChI is InChI=1S/C19H24N4O/c24-19-7-4-11-22(19)12-9-18-15-21(13-16-5-2-1-3-6-16)14-17-8-10-20-23(17)18/h1-3,5-6,8,10,18H,4,7,9,11-15H2. The van der Waals surface area contributed by atoms with E-state index in [0.29, 0.717) is 11.9 Å². The normalized spacial score (nSPS) is 21.2. The summed E-state index contributed by atoms with van der Waals surface area (Å²) in [5, 5.41) is 4.53. The number of benzene rings is 1. The molecule has 5 heteroatoms. The minimum atomic E-state index is 0.313. The van der Waals surface area contributed by atoms with Crippen LogP contribution in [0.2, 0.25) is 0 Å². The quantitative estimate of drug-likeness (QED) is 0.848. The lowest BCUT2D eigenvalue weighted by Crippen LogP contribution is -2.39. The first kappa shape index (κ1) is 15.4. The predicted octanol–water partition coefficient (Wildman–Crippen LogP) is 2.45. The first-order valence-electron chi connectivity index (χ1n) is 8.86. The van der Waals surface area contributed by atoms with Crippen molar-refractivity contribution in [1.82, 2.24) is 19.6 Å². The van der Waals surface area contributed by atoms with Crippen molar-refractivity contribution < 1.29 is 4.79 Å². The summed E-state index contributed by atoms with van der Waals surface area (Å²) in [4.78, 5) is 16.3. The lowest BCUT2D eigenvalue weighted by Gasteiger charge is -2.34. The largest absolute Gasteiger partial charge is 0.343 e. The molecule has 1 unspecified atom stereocenters. The van der Waals surface area contributed by atoms with Crippen LogP contribution in [-0.2, 0) is 17.9 Å². The Morgan fingerprint density at radius 1 is 1.17 bits per heavy atom. The third-order valence-corrected chi connectivity index (χ3v) is 5.11. The Hall–Kier alpha value is -2.14. The molecule has 0 N–H and O–H groups in total. The van der Waals surface area contributed by atoms with Crippen molar-refractivity contribution in [2.24, 2.45) is 0 Å². The molecule has 1 aromatic carbocycles. The number of hydrogen-bond donors (Lipinski definition) is 0. The molecule has 0 bridgehead atoms. The van der Waals surface area contributed by atoms with Crippen LogP contribution < -0.4 is 0 Å². The smallest absolute Gasteiger partial charge is 0.222 e. The Morgan fingerprint density at radius 2 is 2.04 bits per heavy atom. The Kier molecular flexibility index (Phi) is 4.34. The molecule has 0 spiro atoms. The minimum absolute atomic E-state index is 0.313. The number of rotatable bonds is 5. The molecule has 4 rings (SSSR count). The maximum Gasteiger partial charge on any atom is 0.222 e. The predicted molar refractivity (Wildman–Crippen MR) is 92.3 cm³/mol. The number of carbonyl (C=O) groups is 1. The van der Waals surface area contributed by atoms with Gasteiger partial charge in [0.25, 0.3) is 0 Å². The van der Waals surface area contributed by atoms with Gasteiger partial charge in [-0.2, -0.15) is 5.10 Å². The lowest BCUT2D eigenvalue weighted by molar-refractivity contribution is -0.127. The molecule has 2 aliphatic rings. The fourth-order valence-corrected chi connectivity index (χ4v) is 3.89. The van der Waals surface area contributed by atoms with Crippen molar-refractivity contribution in [3.63, 3.8) is 0 Å². The highest BCUT2D eigenvalue weighted by molar-refractivity contribution is 5.77. The highest BCUT2D eigenvalue weighted by atomic mass is 16.2. The molecule has 2 aliphatic heterocycles. The molecular weight excluding hydrogens is 300 g/mol. The van der Waals surface area contributed by atoms with Crippen LogP contribution in [0.1, 0.15) is 36.6 Å². The van der Waals surface area contributed by atoms with E-state index in [4.69, 9.17) is 0 Å². The van der Waals surface area contributed by atoms with Gasteiger partial charge in [-0.1, -0.05) is 30.3 Å². The number of amides is 1. The molecule has 0 saturated carbocycles. The van der Waals surface area contributed by atoms with Crippen molar-refractivity contribution in [2.75, 3.05) is 19.6 Å². The molecule has 0 radical (unpaired) electrons. The molecule has 126 valence electrons. The average molecular weight is 324 g/mol. The summed E-state index contributed by atoms with van der Waals surface area (Å²) in [5.74, 6) is 0.313. The molecule has 1 saturated heterocycles. The summed E-state index contributed by atoms with van der Waals surface area (Å²) < 4.78 is 2.17. The summed E-state index contributed by atoms with van der Waals surface area (Å²) in [7, 11) is 0. The average Bonchev–Trinajstić information content (AvgIpc) is 3.22. The fourth-order valence-electron chi connectivity index (χ4n) is 3.89. The van der Waals surface area contributed by atoms with Gasteiger partial charge >= 0.3 is 0 Å². The van der Waals surface area contributed by atoms with E-state index in [0.717, 1.165) is 52.0 Å². The molecule has 0 aliphatic carbocycles. The van der Waals surface area contributed by atoms with E-state index in [-0.39, 0.29) is 0 Å². The fraction of sp³-hybridized carbons (Fsp3) is 0.474. The molecule has 1 atom stereocenters. The first-order chi connectivity index (χ1) is 11.8. The molecule has 1 fully saturated rings. The van der Waals surface area contributed by atoms with Gasteiger partial charge in [0.05, 0.1) is 11.7 Å². The number of carbonyl (C=O) groups excluding carboxylic acids is 1. The van der Waals surface area contributed by atoms with E-state index in [1.165, 1.54) is 11.3 Å². The first-order valence-corrected chi connectivity index (χ1v) is 8.86. The maximum absolute atomic E-state index is 11.8. The number of fused-ring (bicyclic) bond motifs is 1. The van der Waals surface area contributed by atoms with Gasteiger partial charge in [0.15, 0.2) is 0 Å². The van der Waals surface area contributed by atoms with Crippen LogP contribution in [0, 0.1) is 0 Å². The zero-order chi connectivity index (χ0) is 16.4. The molecule has 2 aromatic rings. The molecule has 1 amide bonds. The Bertz CT molecular complexity index is 696. The van der Waals surface area contributed by atoms with Crippen LogP contribution in [0.15, 0.2) is 42.6 Å². The number of nitrogens with zero attached hydrogens (tertiary/aromatic N) is 4. The molecule has 5 nitrogen and oxygen atoms in total. The van der Waals surface area contributed by atoms with Crippen LogP contribution in [0.25, 0.3) is 0 Å². The number of likely N-dealkylation sites (tertiary alicyclic amines) is 1. The van der Waals surface area contributed by atoms with Crippen LogP contribution >= 0.6 is 0 Å². The topological polar surface area (TPSA) is 41.4 Å². The van der Waals surface area contributed by atoms with E-state index in [1.807, 2.05) is 11.1 Å². The Morgan fingerprint density at radius 3 is 2.83 bits per heavy atom. The van der Waals surface area contributed by atoms with Crippen LogP contribution in [-0.4, -0.2) is 45.1 Å². The highest BCUT2D eigenvalue weighted by Gasteiger charge is 2.27. The maximum atomic E-state index is 11.8. The van der Waals surface area contributed by atoms with E-state index < -0.39 is 0 Å². The summed E-state index contributed by atoms with van der Waals surface area (Å²) >= 11 is 0. The van der Waals surface area contributed by atoms with Gasteiger partial charge in [-0.05, 0) is 24.5 Å². The minimum Gasteiger partial charge on any atom is -0.343 e. The second-order valence-corrected chi connectivity index (χ2v) is 6.85. The van der Waals surface area contributed by atoms with Crippen molar-refractivity contribution in [2.45, 2.75) is 38.4 Å². The van der Waals surface area contributed by atoms with Gasteiger partial charge in [0.2, 0.25) is 5.91 Å². The van der Waals surface area contributed by atoms with E-state index in [2.05, 4.69) is 51.1 Å². The molecular formula is C19H24N4O. The van der Waals surface area contributed by atoms with Crippen LogP contribution in [0.5, 0.6) is 0 Å². The van der Waals surface area contributed by atoms with E-state index >= 15 is 0 Å². The van der Waals surface area contributed by atoms with E-state index in [9.17, 15) is 4.79 Å². The van der Waals surface area contributed by atoms with Gasteiger partial charge in [-0.3, -0.25) is 14.4 Å². The number of aromatic nitrogens is 2. The summed E-state index contributed by atoms with van der Waals surface area (Å²) in [6, 6.07) is 13.1. The van der Waals surface area contributed by atoms with E-state index in [1.54, 1.807) is 0 Å². The van der Waals surface area contributed by atoms with Gasteiger partial charge in [-0.15, -0.1) is 0 Å². The third-order valence-electron chi connectivity index (χ3n) is 5.11. The monoisotopic (exact) mass is 324 g/mol. The van der Waals surface area contributed by atoms with Gasteiger partial charge in [-0.25, -0.2) is 0 Å². The zero-order valence-corrected chi connectivity index (χ0v) is 14.0.